The first kappa shape index (κ1) is 17.7. The fraction of sp³-hybridized carbons (Fsp3) is 0.611. The lowest BCUT2D eigenvalue weighted by Crippen LogP contribution is -2.43. The minimum Gasteiger partial charge on any atom is -0.479 e. The van der Waals surface area contributed by atoms with Crippen molar-refractivity contribution in [3.05, 3.63) is 33.7 Å². The largest absolute Gasteiger partial charge is 0.479 e. The third kappa shape index (κ3) is 3.76. The number of carbonyl (C=O) groups excluding carboxylic acids is 1. The Morgan fingerprint density at radius 2 is 2.00 bits per heavy atom. The van der Waals surface area contributed by atoms with Crippen LogP contribution in [0.25, 0.3) is 0 Å². The molecule has 136 valence electrons. The maximum atomic E-state index is 12.7. The molecule has 1 aromatic heterocycles. The van der Waals surface area contributed by atoms with Gasteiger partial charge < -0.3 is 19.7 Å². The van der Waals surface area contributed by atoms with Gasteiger partial charge in [-0.05, 0) is 49.7 Å². The summed E-state index contributed by atoms with van der Waals surface area (Å²) < 4.78 is 5.63. The Balaban J connectivity index is 1.60. The van der Waals surface area contributed by atoms with E-state index in [9.17, 15) is 14.4 Å². The molecule has 3 rings (SSSR count). The van der Waals surface area contributed by atoms with Crippen LogP contribution in [0.4, 0.5) is 0 Å². The number of aromatic amines is 1. The summed E-state index contributed by atoms with van der Waals surface area (Å²) in [5, 5.41) is 9.03. The molecule has 2 aliphatic heterocycles. The lowest BCUT2D eigenvalue weighted by molar-refractivity contribution is -0.150. The van der Waals surface area contributed by atoms with Gasteiger partial charge in [0.1, 0.15) is 5.56 Å². The quantitative estimate of drug-likeness (QED) is 0.857. The molecule has 2 saturated heterocycles. The number of hydrogen-bond acceptors (Lipinski definition) is 4. The summed E-state index contributed by atoms with van der Waals surface area (Å²) in [6.45, 7) is 3.10. The van der Waals surface area contributed by atoms with E-state index in [2.05, 4.69) is 4.98 Å². The monoisotopic (exact) mass is 348 g/mol. The molecule has 0 aromatic carbocycles. The standard InChI is InChI=1S/C18H24N2O5/c1-2-11-9-13(16(21)19-10-11)17(22)20-7-5-12(6-8-20)14-3-4-15(25-14)18(23)24/h9-10,12,14-15H,2-8H2,1H3,(H,19,21)(H,23,24)/t14-,15+/m0/s1. The summed E-state index contributed by atoms with van der Waals surface area (Å²) in [4.78, 5) is 40.0. The molecule has 0 radical (unpaired) electrons. The number of carbonyl (C=O) groups is 2. The van der Waals surface area contributed by atoms with Crippen molar-refractivity contribution >= 4 is 11.9 Å². The lowest BCUT2D eigenvalue weighted by Gasteiger charge is -2.34. The van der Waals surface area contributed by atoms with E-state index in [-0.39, 0.29) is 29.1 Å². The van der Waals surface area contributed by atoms with Crippen LogP contribution in [-0.2, 0) is 16.0 Å². The van der Waals surface area contributed by atoms with Crippen molar-refractivity contribution in [2.45, 2.75) is 51.2 Å². The Morgan fingerprint density at radius 1 is 1.28 bits per heavy atom. The van der Waals surface area contributed by atoms with Gasteiger partial charge in [-0.1, -0.05) is 6.92 Å². The number of amides is 1. The highest BCUT2D eigenvalue weighted by Gasteiger charge is 2.37. The molecular formula is C18H24N2O5. The molecule has 1 aromatic rings. The summed E-state index contributed by atoms with van der Waals surface area (Å²) >= 11 is 0. The first-order valence-electron chi connectivity index (χ1n) is 8.88. The highest BCUT2D eigenvalue weighted by atomic mass is 16.5. The summed E-state index contributed by atoms with van der Waals surface area (Å²) in [7, 11) is 0. The van der Waals surface area contributed by atoms with Crippen molar-refractivity contribution in [2.75, 3.05) is 13.1 Å². The van der Waals surface area contributed by atoms with E-state index < -0.39 is 12.1 Å². The van der Waals surface area contributed by atoms with Crippen LogP contribution in [0.5, 0.6) is 0 Å². The summed E-state index contributed by atoms with van der Waals surface area (Å²) in [5.74, 6) is -0.857. The van der Waals surface area contributed by atoms with Crippen molar-refractivity contribution < 1.29 is 19.4 Å². The number of pyridine rings is 1. The minimum atomic E-state index is -0.898. The highest BCUT2D eigenvalue weighted by Crippen LogP contribution is 2.32. The predicted octanol–water partition coefficient (Wildman–Crippen LogP) is 1.42. The van der Waals surface area contributed by atoms with Gasteiger partial charge in [0, 0.05) is 19.3 Å². The third-order valence-corrected chi connectivity index (χ3v) is 5.28. The van der Waals surface area contributed by atoms with Crippen molar-refractivity contribution in [1.29, 1.82) is 0 Å². The number of aromatic nitrogens is 1. The number of rotatable bonds is 4. The van der Waals surface area contributed by atoms with Gasteiger partial charge in [0.25, 0.3) is 11.5 Å². The van der Waals surface area contributed by atoms with Gasteiger partial charge in [0.2, 0.25) is 0 Å². The molecule has 7 heteroatoms. The molecule has 2 aliphatic rings. The Hall–Kier alpha value is -2.15. The average Bonchev–Trinajstić information content (AvgIpc) is 3.12. The maximum absolute atomic E-state index is 12.7. The van der Waals surface area contributed by atoms with Crippen LogP contribution in [0.2, 0.25) is 0 Å². The topological polar surface area (TPSA) is 99.7 Å². The zero-order valence-corrected chi connectivity index (χ0v) is 14.4. The number of aryl methyl sites for hydroxylation is 1. The molecule has 0 spiro atoms. The van der Waals surface area contributed by atoms with Crippen LogP contribution in [-0.4, -0.2) is 52.2 Å². The number of likely N-dealkylation sites (tertiary alicyclic amines) is 1. The predicted molar refractivity (Wildman–Crippen MR) is 90.6 cm³/mol. The van der Waals surface area contributed by atoms with E-state index in [0.29, 0.717) is 19.5 Å². The Morgan fingerprint density at radius 3 is 2.60 bits per heavy atom. The highest BCUT2D eigenvalue weighted by molar-refractivity contribution is 5.94. The Labute approximate surface area is 146 Å². The van der Waals surface area contributed by atoms with Gasteiger partial charge in [-0.3, -0.25) is 9.59 Å². The lowest BCUT2D eigenvalue weighted by atomic mass is 9.89. The van der Waals surface area contributed by atoms with Crippen molar-refractivity contribution in [2.24, 2.45) is 5.92 Å². The first-order valence-corrected chi connectivity index (χ1v) is 8.88. The molecular weight excluding hydrogens is 324 g/mol. The van der Waals surface area contributed by atoms with E-state index in [4.69, 9.17) is 9.84 Å². The van der Waals surface area contributed by atoms with Crippen LogP contribution in [0, 0.1) is 5.92 Å². The van der Waals surface area contributed by atoms with Gasteiger partial charge in [-0.2, -0.15) is 0 Å². The summed E-state index contributed by atoms with van der Waals surface area (Å²) in [5.41, 5.74) is 0.769. The molecule has 0 bridgehead atoms. The fourth-order valence-electron chi connectivity index (χ4n) is 3.73. The molecule has 2 fully saturated rings. The van der Waals surface area contributed by atoms with Crippen LogP contribution in [0.15, 0.2) is 17.1 Å². The van der Waals surface area contributed by atoms with E-state index in [1.165, 1.54) is 0 Å². The van der Waals surface area contributed by atoms with Crippen LogP contribution in [0.3, 0.4) is 0 Å². The van der Waals surface area contributed by atoms with Gasteiger partial charge in [-0.25, -0.2) is 4.79 Å². The smallest absolute Gasteiger partial charge is 0.332 e. The van der Waals surface area contributed by atoms with Gasteiger partial charge in [0.15, 0.2) is 6.10 Å². The maximum Gasteiger partial charge on any atom is 0.332 e. The number of carboxylic acid groups (broad SMARTS) is 1. The van der Waals surface area contributed by atoms with Gasteiger partial charge in [-0.15, -0.1) is 0 Å². The zero-order chi connectivity index (χ0) is 18.0. The number of hydrogen-bond donors (Lipinski definition) is 2. The third-order valence-electron chi connectivity index (χ3n) is 5.28. The number of aliphatic carboxylic acids is 1. The summed E-state index contributed by atoms with van der Waals surface area (Å²) in [6.07, 6.45) is 4.52. The molecule has 1 amide bonds. The molecule has 0 aliphatic carbocycles. The number of nitrogens with one attached hydrogen (secondary N) is 1. The van der Waals surface area contributed by atoms with Crippen molar-refractivity contribution in [1.82, 2.24) is 9.88 Å². The van der Waals surface area contributed by atoms with Crippen molar-refractivity contribution in [3.8, 4) is 0 Å². The molecule has 0 unspecified atom stereocenters. The van der Waals surface area contributed by atoms with Gasteiger partial charge in [0.05, 0.1) is 6.10 Å². The van der Waals surface area contributed by atoms with E-state index in [1.807, 2.05) is 6.92 Å². The molecule has 3 heterocycles. The van der Waals surface area contributed by atoms with Crippen molar-refractivity contribution in [3.63, 3.8) is 0 Å². The SMILES string of the molecule is CCc1c[nH]c(=O)c(C(=O)N2CCC([C@@H]3CC[C@H](C(=O)O)O3)CC2)c1. The summed E-state index contributed by atoms with van der Waals surface area (Å²) in [6, 6.07) is 1.67. The molecule has 2 N–H and O–H groups in total. The van der Waals surface area contributed by atoms with E-state index in [0.717, 1.165) is 31.2 Å². The number of H-pyrrole nitrogens is 1. The molecule has 7 nitrogen and oxygen atoms in total. The second-order valence-electron chi connectivity index (χ2n) is 6.81. The fourth-order valence-corrected chi connectivity index (χ4v) is 3.73. The van der Waals surface area contributed by atoms with Crippen LogP contribution in [0.1, 0.15) is 48.5 Å². The number of ether oxygens (including phenoxy) is 1. The second-order valence-corrected chi connectivity index (χ2v) is 6.81. The zero-order valence-electron chi connectivity index (χ0n) is 14.4. The van der Waals surface area contributed by atoms with Crippen LogP contribution < -0.4 is 5.56 Å². The molecule has 0 saturated carbocycles. The average molecular weight is 348 g/mol. The number of nitrogens with zero attached hydrogens (tertiary/aromatic N) is 1. The number of piperidine rings is 1. The van der Waals surface area contributed by atoms with E-state index in [1.54, 1.807) is 17.2 Å². The normalized spacial score (nSPS) is 24.4. The minimum absolute atomic E-state index is 0.0369. The first-order chi connectivity index (χ1) is 12.0. The Kier molecular flexibility index (Phi) is 5.22. The second kappa shape index (κ2) is 7.39. The molecule has 2 atom stereocenters. The Bertz CT molecular complexity index is 706. The number of carboxylic acids is 1. The van der Waals surface area contributed by atoms with Crippen LogP contribution >= 0.6 is 0 Å². The van der Waals surface area contributed by atoms with E-state index >= 15 is 0 Å². The van der Waals surface area contributed by atoms with Gasteiger partial charge >= 0.3 is 5.97 Å². The molecule has 25 heavy (non-hydrogen) atoms.